The van der Waals surface area contributed by atoms with Gasteiger partial charge in [-0.2, -0.15) is 0 Å². The van der Waals surface area contributed by atoms with Gasteiger partial charge in [0, 0.05) is 62.1 Å². The second kappa shape index (κ2) is 8.37. The van der Waals surface area contributed by atoms with Crippen LogP contribution in [0.3, 0.4) is 0 Å². The number of H-pyrrole nitrogens is 1. The number of nitrogens with one attached hydrogen (secondary N) is 1. The number of aromatic amines is 1. The molecule has 170 valence electrons. The van der Waals surface area contributed by atoms with Gasteiger partial charge in [0.25, 0.3) is 0 Å². The lowest BCUT2D eigenvalue weighted by Crippen LogP contribution is -2.46. The van der Waals surface area contributed by atoms with Crippen LogP contribution in [0.5, 0.6) is 0 Å². The van der Waals surface area contributed by atoms with Gasteiger partial charge in [0.05, 0.1) is 11.2 Å². The molecule has 0 amide bonds. The lowest BCUT2D eigenvalue weighted by molar-refractivity contribution is 0.0695. The van der Waals surface area contributed by atoms with Crippen LogP contribution in [0.4, 0.5) is 10.1 Å². The lowest BCUT2D eigenvalue weighted by atomic mass is 10.1. The van der Waals surface area contributed by atoms with E-state index in [4.69, 9.17) is 0 Å². The number of aromatic nitrogens is 2. The summed E-state index contributed by atoms with van der Waals surface area (Å²) in [5.74, 6) is -1.81. The minimum absolute atomic E-state index is 0.0930. The maximum absolute atomic E-state index is 15.1. The van der Waals surface area contributed by atoms with Gasteiger partial charge < -0.3 is 19.6 Å². The van der Waals surface area contributed by atoms with E-state index in [0.717, 1.165) is 30.8 Å². The first-order valence-corrected chi connectivity index (χ1v) is 11.1. The third kappa shape index (κ3) is 3.87. The van der Waals surface area contributed by atoms with E-state index in [1.165, 1.54) is 17.6 Å². The van der Waals surface area contributed by atoms with Crippen LogP contribution in [0.25, 0.3) is 21.8 Å². The molecule has 1 fully saturated rings. The van der Waals surface area contributed by atoms with Gasteiger partial charge in [-0.25, -0.2) is 9.18 Å². The SMILES string of the molecule is CCn1cc(C(=O)O)c(=O)c2cc(F)c(N3CCN(Cc4cc5ccccc5[nH]4)CC3)cc21. The molecule has 0 radical (unpaired) electrons. The van der Waals surface area contributed by atoms with E-state index >= 15 is 4.39 Å². The first kappa shape index (κ1) is 21.2. The van der Waals surface area contributed by atoms with Gasteiger partial charge in [-0.15, -0.1) is 0 Å². The predicted molar refractivity (Wildman–Crippen MR) is 127 cm³/mol. The Morgan fingerprint density at radius 2 is 1.88 bits per heavy atom. The molecule has 0 spiro atoms. The van der Waals surface area contributed by atoms with Crippen molar-refractivity contribution in [2.24, 2.45) is 0 Å². The average Bonchev–Trinajstić information content (AvgIpc) is 3.22. The summed E-state index contributed by atoms with van der Waals surface area (Å²) in [6, 6.07) is 13.2. The van der Waals surface area contributed by atoms with Crippen molar-refractivity contribution in [3.63, 3.8) is 0 Å². The minimum Gasteiger partial charge on any atom is -0.477 e. The highest BCUT2D eigenvalue weighted by Gasteiger charge is 2.23. The van der Waals surface area contributed by atoms with Crippen molar-refractivity contribution >= 4 is 33.5 Å². The number of piperazine rings is 1. The summed E-state index contributed by atoms with van der Waals surface area (Å²) in [4.78, 5) is 31.8. The summed E-state index contributed by atoms with van der Waals surface area (Å²) < 4.78 is 16.7. The van der Waals surface area contributed by atoms with Crippen molar-refractivity contribution in [1.29, 1.82) is 0 Å². The molecule has 5 rings (SSSR count). The Kier molecular flexibility index (Phi) is 5.38. The number of hydrogen-bond acceptors (Lipinski definition) is 4. The third-order valence-electron chi connectivity index (χ3n) is 6.41. The van der Waals surface area contributed by atoms with E-state index in [0.29, 0.717) is 30.8 Å². The number of nitrogens with zero attached hydrogens (tertiary/aromatic N) is 3. The summed E-state index contributed by atoms with van der Waals surface area (Å²) in [6.45, 7) is 6.02. The molecular weight excluding hydrogens is 423 g/mol. The lowest BCUT2D eigenvalue weighted by Gasteiger charge is -2.36. The van der Waals surface area contributed by atoms with Gasteiger partial charge >= 0.3 is 5.97 Å². The molecule has 3 heterocycles. The van der Waals surface area contributed by atoms with Gasteiger partial charge in [0.15, 0.2) is 0 Å². The van der Waals surface area contributed by atoms with Gasteiger partial charge in [-0.05, 0) is 36.6 Å². The van der Waals surface area contributed by atoms with E-state index in [1.54, 1.807) is 10.6 Å². The van der Waals surface area contributed by atoms with Crippen LogP contribution in [0, 0.1) is 5.82 Å². The van der Waals surface area contributed by atoms with Gasteiger partial charge in [0.2, 0.25) is 5.43 Å². The number of carboxylic acids is 1. The number of carbonyl (C=O) groups is 1. The van der Waals surface area contributed by atoms with Crippen molar-refractivity contribution in [3.8, 4) is 0 Å². The predicted octanol–water partition coefficient (Wildman–Crippen LogP) is 3.66. The van der Waals surface area contributed by atoms with Crippen LogP contribution in [0.1, 0.15) is 23.0 Å². The molecule has 1 aliphatic rings. The molecule has 0 bridgehead atoms. The Morgan fingerprint density at radius 1 is 1.12 bits per heavy atom. The van der Waals surface area contributed by atoms with Crippen LogP contribution in [0.2, 0.25) is 0 Å². The van der Waals surface area contributed by atoms with Crippen LogP contribution in [-0.2, 0) is 13.1 Å². The number of anilines is 1. The Morgan fingerprint density at radius 3 is 2.58 bits per heavy atom. The molecule has 33 heavy (non-hydrogen) atoms. The van der Waals surface area contributed by atoms with Gasteiger partial charge in [-0.3, -0.25) is 9.69 Å². The molecule has 1 saturated heterocycles. The molecule has 1 aliphatic heterocycles. The van der Waals surface area contributed by atoms with Crippen molar-refractivity contribution in [1.82, 2.24) is 14.5 Å². The number of hydrogen-bond donors (Lipinski definition) is 2. The summed E-state index contributed by atoms with van der Waals surface area (Å²) in [6.07, 6.45) is 1.34. The number of pyridine rings is 1. The largest absolute Gasteiger partial charge is 0.477 e. The van der Waals surface area contributed by atoms with Crippen molar-refractivity contribution in [3.05, 3.63) is 76.0 Å². The smallest absolute Gasteiger partial charge is 0.341 e. The molecule has 2 N–H and O–H groups in total. The Labute approximate surface area is 189 Å². The first-order valence-electron chi connectivity index (χ1n) is 11.1. The zero-order valence-corrected chi connectivity index (χ0v) is 18.3. The number of aromatic carboxylic acids is 1. The molecular formula is C25H25FN4O3. The summed E-state index contributed by atoms with van der Waals surface area (Å²) in [7, 11) is 0. The number of carboxylic acid groups (broad SMARTS) is 1. The van der Waals surface area contributed by atoms with Crippen LogP contribution in [0.15, 0.2) is 53.5 Å². The van der Waals surface area contributed by atoms with Crippen molar-refractivity contribution < 1.29 is 14.3 Å². The normalized spacial score (nSPS) is 14.9. The molecule has 4 aromatic rings. The number of rotatable bonds is 5. The van der Waals surface area contributed by atoms with E-state index in [9.17, 15) is 14.7 Å². The number of fused-ring (bicyclic) bond motifs is 2. The van der Waals surface area contributed by atoms with Crippen molar-refractivity contribution in [2.45, 2.75) is 20.0 Å². The minimum atomic E-state index is -1.31. The highest BCUT2D eigenvalue weighted by Crippen LogP contribution is 2.27. The van der Waals surface area contributed by atoms with E-state index in [2.05, 4.69) is 28.1 Å². The van der Waals surface area contributed by atoms with E-state index < -0.39 is 17.2 Å². The maximum atomic E-state index is 15.1. The van der Waals surface area contributed by atoms with Crippen LogP contribution >= 0.6 is 0 Å². The average molecular weight is 448 g/mol. The molecule has 0 unspecified atom stereocenters. The fourth-order valence-electron chi connectivity index (χ4n) is 4.66. The fraction of sp³-hybridized carbons (Fsp3) is 0.280. The molecule has 7 nitrogen and oxygen atoms in total. The Bertz CT molecular complexity index is 1380. The number of benzene rings is 2. The van der Waals surface area contributed by atoms with Crippen molar-refractivity contribution in [2.75, 3.05) is 31.1 Å². The molecule has 0 aliphatic carbocycles. The number of aryl methyl sites for hydroxylation is 1. The molecule has 0 atom stereocenters. The monoisotopic (exact) mass is 448 g/mol. The second-order valence-corrected chi connectivity index (χ2v) is 8.43. The zero-order valence-electron chi connectivity index (χ0n) is 18.3. The second-order valence-electron chi connectivity index (χ2n) is 8.43. The highest BCUT2D eigenvalue weighted by molar-refractivity contribution is 5.93. The van der Waals surface area contributed by atoms with Crippen LogP contribution < -0.4 is 10.3 Å². The molecule has 8 heteroatoms. The van der Waals surface area contributed by atoms with Gasteiger partial charge in [0.1, 0.15) is 11.4 Å². The quantitative estimate of drug-likeness (QED) is 0.487. The zero-order chi connectivity index (χ0) is 23.1. The number of halogens is 1. The first-order chi connectivity index (χ1) is 15.9. The maximum Gasteiger partial charge on any atom is 0.341 e. The molecule has 2 aromatic heterocycles. The molecule has 2 aromatic carbocycles. The fourth-order valence-corrected chi connectivity index (χ4v) is 4.66. The summed E-state index contributed by atoms with van der Waals surface area (Å²) in [5.41, 5.74) is 2.26. The Hall–Kier alpha value is -3.65. The highest BCUT2D eigenvalue weighted by atomic mass is 19.1. The van der Waals surface area contributed by atoms with Gasteiger partial charge in [-0.1, -0.05) is 18.2 Å². The van der Waals surface area contributed by atoms with E-state index in [-0.39, 0.29) is 10.9 Å². The molecule has 0 saturated carbocycles. The standard InChI is InChI=1S/C25H25FN4O3/c1-2-29-15-19(25(32)33)24(31)18-12-20(26)23(13-22(18)29)30-9-7-28(8-10-30)14-17-11-16-5-3-4-6-21(16)27-17/h3-6,11-13,15,27H,2,7-10,14H2,1H3,(H,32,33). The summed E-state index contributed by atoms with van der Waals surface area (Å²) >= 11 is 0. The van der Waals surface area contributed by atoms with Crippen LogP contribution in [-0.4, -0.2) is 51.7 Å². The number of para-hydroxylation sites is 1. The van der Waals surface area contributed by atoms with E-state index in [1.807, 2.05) is 24.0 Å². The topological polar surface area (TPSA) is 81.6 Å². The summed E-state index contributed by atoms with van der Waals surface area (Å²) in [5, 5.41) is 10.6. The Balaban J connectivity index is 1.37. The third-order valence-corrected chi connectivity index (χ3v) is 6.41.